The molecular formula is C10H13FN2O6. The van der Waals surface area contributed by atoms with E-state index in [4.69, 9.17) is 4.74 Å². The molecule has 0 aromatic carbocycles. The number of H-pyrrole nitrogens is 1. The van der Waals surface area contributed by atoms with Crippen LogP contribution in [0.15, 0.2) is 21.9 Å². The number of nitrogens with zero attached hydrogens (tertiary/aromatic N) is 1. The van der Waals surface area contributed by atoms with Gasteiger partial charge in [0.25, 0.3) is 11.4 Å². The molecule has 0 aliphatic carbocycles. The molecule has 1 saturated heterocycles. The molecule has 9 heteroatoms. The Morgan fingerprint density at radius 2 is 2.21 bits per heavy atom. The second-order valence-electron chi connectivity index (χ2n) is 4.38. The standard InChI is InChI=1S/C10H13FN2O6/c1-4(14)6-7(16)10(11,18)8(19-6)13-3-2-5(15)12-9(13)17/h2-4,6-8,14,16,18H,1H3,(H,12,15,17)/t4?,6-,7-,8-,10+/m0/s1. The number of hydrogen-bond donors (Lipinski definition) is 4. The Morgan fingerprint density at radius 3 is 2.68 bits per heavy atom. The van der Waals surface area contributed by atoms with Crippen molar-refractivity contribution in [3.63, 3.8) is 0 Å². The largest absolute Gasteiger partial charge is 0.391 e. The van der Waals surface area contributed by atoms with Crippen LogP contribution >= 0.6 is 0 Å². The molecule has 1 aliphatic heterocycles. The highest BCUT2D eigenvalue weighted by Gasteiger charge is 2.58. The highest BCUT2D eigenvalue weighted by Crippen LogP contribution is 2.39. The molecular weight excluding hydrogens is 263 g/mol. The Balaban J connectivity index is 2.45. The smallest absolute Gasteiger partial charge is 0.330 e. The highest BCUT2D eigenvalue weighted by molar-refractivity contribution is 4.99. The van der Waals surface area contributed by atoms with Crippen molar-refractivity contribution >= 4 is 0 Å². The summed E-state index contributed by atoms with van der Waals surface area (Å²) in [5.41, 5.74) is -1.71. The Kier molecular flexibility index (Phi) is 3.31. The van der Waals surface area contributed by atoms with Gasteiger partial charge < -0.3 is 20.1 Å². The van der Waals surface area contributed by atoms with Crippen LogP contribution in [0, 0.1) is 0 Å². The van der Waals surface area contributed by atoms with E-state index in [9.17, 15) is 29.3 Å². The van der Waals surface area contributed by atoms with Crippen LogP contribution in [0.1, 0.15) is 13.2 Å². The third kappa shape index (κ3) is 2.21. The minimum atomic E-state index is -3.27. The summed E-state index contributed by atoms with van der Waals surface area (Å²) in [4.78, 5) is 24.3. The zero-order valence-electron chi connectivity index (χ0n) is 9.86. The lowest BCUT2D eigenvalue weighted by atomic mass is 10.0. The van der Waals surface area contributed by atoms with Gasteiger partial charge in [-0.1, -0.05) is 0 Å². The van der Waals surface area contributed by atoms with Gasteiger partial charge in [-0.2, -0.15) is 0 Å². The van der Waals surface area contributed by atoms with Gasteiger partial charge >= 0.3 is 5.69 Å². The van der Waals surface area contributed by atoms with Crippen LogP contribution in [0.3, 0.4) is 0 Å². The first-order chi connectivity index (χ1) is 8.75. The summed E-state index contributed by atoms with van der Waals surface area (Å²) in [6.45, 7) is 1.24. The van der Waals surface area contributed by atoms with Crippen molar-refractivity contribution in [3.8, 4) is 0 Å². The van der Waals surface area contributed by atoms with Crippen LogP contribution in [0.2, 0.25) is 0 Å². The fourth-order valence-electron chi connectivity index (χ4n) is 1.95. The minimum Gasteiger partial charge on any atom is -0.391 e. The van der Waals surface area contributed by atoms with Crippen molar-refractivity contribution in [3.05, 3.63) is 33.1 Å². The normalized spacial score (nSPS) is 36.4. The van der Waals surface area contributed by atoms with Gasteiger partial charge in [0.15, 0.2) is 6.23 Å². The van der Waals surface area contributed by atoms with Gasteiger partial charge in [0.05, 0.1) is 6.10 Å². The molecule has 0 spiro atoms. The van der Waals surface area contributed by atoms with Crippen LogP contribution in [0.4, 0.5) is 4.39 Å². The Morgan fingerprint density at radius 1 is 1.58 bits per heavy atom. The molecule has 8 nitrogen and oxygen atoms in total. The predicted molar refractivity (Wildman–Crippen MR) is 59.0 cm³/mol. The zero-order chi connectivity index (χ0) is 14.4. The van der Waals surface area contributed by atoms with E-state index in [0.717, 1.165) is 12.3 Å². The fraction of sp³-hybridized carbons (Fsp3) is 0.600. The molecule has 4 N–H and O–H groups in total. The second-order valence-corrected chi connectivity index (χ2v) is 4.38. The van der Waals surface area contributed by atoms with E-state index < -0.39 is 41.6 Å². The van der Waals surface area contributed by atoms with Gasteiger partial charge in [-0.15, -0.1) is 0 Å². The molecule has 2 rings (SSSR count). The molecule has 0 amide bonds. The van der Waals surface area contributed by atoms with Gasteiger partial charge in [0.2, 0.25) is 0 Å². The summed E-state index contributed by atoms with van der Waals surface area (Å²) in [5, 5.41) is 28.5. The van der Waals surface area contributed by atoms with Crippen molar-refractivity contribution in [1.29, 1.82) is 0 Å². The first-order valence-corrected chi connectivity index (χ1v) is 5.49. The third-order valence-electron chi connectivity index (χ3n) is 2.94. The number of aliphatic hydroxyl groups is 3. The molecule has 5 atom stereocenters. The number of aliphatic hydroxyl groups excluding tert-OH is 2. The summed E-state index contributed by atoms with van der Waals surface area (Å²) in [5.74, 6) is -3.27. The van der Waals surface area contributed by atoms with Gasteiger partial charge in [-0.25, -0.2) is 9.18 Å². The number of aromatic amines is 1. The quantitative estimate of drug-likeness (QED) is 0.487. The first-order valence-electron chi connectivity index (χ1n) is 5.49. The molecule has 0 saturated carbocycles. The van der Waals surface area contributed by atoms with Gasteiger partial charge in [-0.3, -0.25) is 14.3 Å². The molecule has 106 valence electrons. The van der Waals surface area contributed by atoms with E-state index in [1.807, 2.05) is 4.98 Å². The number of aromatic nitrogens is 2. The number of ether oxygens (including phenoxy) is 1. The Hall–Kier alpha value is -1.55. The first kappa shape index (κ1) is 13.9. The average molecular weight is 276 g/mol. The fourth-order valence-corrected chi connectivity index (χ4v) is 1.95. The summed E-state index contributed by atoms with van der Waals surface area (Å²) in [6.07, 6.45) is -5.64. The predicted octanol–water partition coefficient (Wildman–Crippen LogP) is -2.17. The summed E-state index contributed by atoms with van der Waals surface area (Å²) in [6, 6.07) is 0.933. The van der Waals surface area contributed by atoms with Crippen molar-refractivity contribution < 1.29 is 24.4 Å². The zero-order valence-corrected chi connectivity index (χ0v) is 9.86. The van der Waals surface area contributed by atoms with Crippen molar-refractivity contribution in [1.82, 2.24) is 9.55 Å². The summed E-state index contributed by atoms with van der Waals surface area (Å²) >= 11 is 0. The SMILES string of the molecule is CC(O)[C@@H]1O[C@H](n2ccc(=O)[nH]c2=O)[C@@](O)(F)[C@H]1O. The lowest BCUT2D eigenvalue weighted by molar-refractivity contribution is -0.197. The topological polar surface area (TPSA) is 125 Å². The van der Waals surface area contributed by atoms with Crippen LogP contribution in [0.5, 0.6) is 0 Å². The molecule has 1 aromatic heterocycles. The lowest BCUT2D eigenvalue weighted by Gasteiger charge is -2.23. The molecule has 0 bridgehead atoms. The Bertz CT molecular complexity index is 580. The average Bonchev–Trinajstić information content (AvgIpc) is 2.52. The van der Waals surface area contributed by atoms with Crippen LogP contribution < -0.4 is 11.2 Å². The third-order valence-corrected chi connectivity index (χ3v) is 2.94. The van der Waals surface area contributed by atoms with Crippen LogP contribution in [-0.4, -0.2) is 49.0 Å². The van der Waals surface area contributed by atoms with E-state index >= 15 is 0 Å². The monoisotopic (exact) mass is 276 g/mol. The van der Waals surface area contributed by atoms with E-state index in [0.29, 0.717) is 4.57 Å². The summed E-state index contributed by atoms with van der Waals surface area (Å²) in [7, 11) is 0. The molecule has 0 radical (unpaired) electrons. The van der Waals surface area contributed by atoms with E-state index in [1.54, 1.807) is 0 Å². The number of hydrogen-bond acceptors (Lipinski definition) is 6. The molecule has 2 heterocycles. The maximum absolute atomic E-state index is 14.1. The number of halogens is 1. The molecule has 1 unspecified atom stereocenters. The van der Waals surface area contributed by atoms with Crippen molar-refractivity contribution in [2.45, 2.75) is 37.3 Å². The van der Waals surface area contributed by atoms with Gasteiger partial charge in [-0.05, 0) is 6.92 Å². The minimum absolute atomic E-state index is 0.590. The Labute approximate surface area is 105 Å². The summed E-state index contributed by atoms with van der Waals surface area (Å²) < 4.78 is 19.6. The molecule has 1 aliphatic rings. The van der Waals surface area contributed by atoms with Crippen LogP contribution in [0.25, 0.3) is 0 Å². The van der Waals surface area contributed by atoms with E-state index in [1.165, 1.54) is 6.92 Å². The molecule has 1 aromatic rings. The van der Waals surface area contributed by atoms with Crippen LogP contribution in [-0.2, 0) is 4.74 Å². The van der Waals surface area contributed by atoms with E-state index in [2.05, 4.69) is 0 Å². The maximum atomic E-state index is 14.1. The second kappa shape index (κ2) is 4.53. The van der Waals surface area contributed by atoms with Crippen molar-refractivity contribution in [2.75, 3.05) is 0 Å². The highest BCUT2D eigenvalue weighted by atomic mass is 19.2. The van der Waals surface area contributed by atoms with Gasteiger partial charge in [0, 0.05) is 12.3 Å². The molecule has 19 heavy (non-hydrogen) atoms. The molecule has 1 fully saturated rings. The number of nitrogens with one attached hydrogen (secondary N) is 1. The van der Waals surface area contributed by atoms with E-state index in [-0.39, 0.29) is 0 Å². The number of alkyl halides is 1. The number of rotatable bonds is 2. The van der Waals surface area contributed by atoms with Crippen molar-refractivity contribution in [2.24, 2.45) is 0 Å². The van der Waals surface area contributed by atoms with Gasteiger partial charge in [0.1, 0.15) is 12.2 Å². The maximum Gasteiger partial charge on any atom is 0.330 e. The lowest BCUT2D eigenvalue weighted by Crippen LogP contribution is -2.46.